The summed E-state index contributed by atoms with van der Waals surface area (Å²) in [6, 6.07) is 23.8. The number of fused-ring (bicyclic) bond motifs is 1. The second kappa shape index (κ2) is 6.91. The SMILES string of the molecule is Nc1cc(C(CCCC23CC(c4ccccc4)(C2)C3)c2ccccc2)c2n[nH]nc2n1. The lowest BCUT2D eigenvalue weighted by molar-refractivity contribution is -0.147. The topological polar surface area (TPSA) is 80.5 Å². The van der Waals surface area contributed by atoms with E-state index in [-0.39, 0.29) is 5.92 Å². The minimum Gasteiger partial charge on any atom is -0.384 e. The number of aromatic nitrogens is 4. The van der Waals surface area contributed by atoms with Gasteiger partial charge in [-0.1, -0.05) is 67.1 Å². The Hall–Kier alpha value is -3.21. The van der Waals surface area contributed by atoms with E-state index in [4.69, 9.17) is 5.73 Å². The molecule has 3 aliphatic carbocycles. The molecule has 0 saturated heterocycles. The molecule has 2 aromatic carbocycles. The summed E-state index contributed by atoms with van der Waals surface area (Å²) in [6.45, 7) is 0. The predicted molar refractivity (Wildman–Crippen MR) is 123 cm³/mol. The van der Waals surface area contributed by atoms with E-state index in [1.54, 1.807) is 5.56 Å². The monoisotopic (exact) mass is 409 g/mol. The zero-order valence-electron chi connectivity index (χ0n) is 17.6. The van der Waals surface area contributed by atoms with Gasteiger partial charge in [0.25, 0.3) is 0 Å². The number of rotatable bonds is 7. The van der Waals surface area contributed by atoms with E-state index in [9.17, 15) is 0 Å². The highest BCUT2D eigenvalue weighted by Gasteiger charge is 2.67. The third-order valence-corrected chi connectivity index (χ3v) is 7.64. The summed E-state index contributed by atoms with van der Waals surface area (Å²) in [5.41, 5.74) is 12.6. The van der Waals surface area contributed by atoms with E-state index >= 15 is 0 Å². The predicted octanol–water partition coefficient (Wildman–Crippen LogP) is 5.36. The molecule has 5 heteroatoms. The molecule has 7 rings (SSSR count). The van der Waals surface area contributed by atoms with Crippen LogP contribution in [0.1, 0.15) is 61.1 Å². The van der Waals surface area contributed by atoms with E-state index in [0.717, 1.165) is 17.5 Å². The number of benzene rings is 2. The number of nitrogens with one attached hydrogen (secondary N) is 1. The highest BCUT2D eigenvalue weighted by Crippen LogP contribution is 2.75. The average molecular weight is 410 g/mol. The maximum Gasteiger partial charge on any atom is 0.203 e. The quantitative estimate of drug-likeness (QED) is 0.431. The maximum atomic E-state index is 6.11. The van der Waals surface area contributed by atoms with Gasteiger partial charge in [0.1, 0.15) is 11.3 Å². The Balaban J connectivity index is 1.20. The zero-order valence-corrected chi connectivity index (χ0v) is 17.6. The summed E-state index contributed by atoms with van der Waals surface area (Å²) in [4.78, 5) is 4.33. The molecule has 0 aliphatic heterocycles. The van der Waals surface area contributed by atoms with Crippen LogP contribution >= 0.6 is 0 Å². The van der Waals surface area contributed by atoms with Crippen molar-refractivity contribution in [2.75, 3.05) is 5.73 Å². The van der Waals surface area contributed by atoms with Gasteiger partial charge >= 0.3 is 0 Å². The summed E-state index contributed by atoms with van der Waals surface area (Å²) in [6.07, 6.45) is 7.65. The van der Waals surface area contributed by atoms with Crippen molar-refractivity contribution in [3.8, 4) is 0 Å². The van der Waals surface area contributed by atoms with Gasteiger partial charge < -0.3 is 5.73 Å². The summed E-state index contributed by atoms with van der Waals surface area (Å²) in [7, 11) is 0. The van der Waals surface area contributed by atoms with Crippen LogP contribution in [-0.2, 0) is 5.41 Å². The highest BCUT2D eigenvalue weighted by atomic mass is 15.3. The lowest BCUT2D eigenvalue weighted by atomic mass is 9.32. The van der Waals surface area contributed by atoms with Crippen molar-refractivity contribution in [2.24, 2.45) is 5.41 Å². The molecule has 3 fully saturated rings. The molecule has 0 radical (unpaired) electrons. The first-order valence-electron chi connectivity index (χ1n) is 11.2. The van der Waals surface area contributed by atoms with Crippen molar-refractivity contribution >= 4 is 17.0 Å². The van der Waals surface area contributed by atoms with Crippen LogP contribution in [-0.4, -0.2) is 20.4 Å². The largest absolute Gasteiger partial charge is 0.384 e. The van der Waals surface area contributed by atoms with Crippen LogP contribution in [0.3, 0.4) is 0 Å². The van der Waals surface area contributed by atoms with Crippen molar-refractivity contribution in [3.63, 3.8) is 0 Å². The fourth-order valence-corrected chi connectivity index (χ4v) is 6.37. The van der Waals surface area contributed by atoms with Crippen molar-refractivity contribution in [2.45, 2.75) is 49.9 Å². The van der Waals surface area contributed by atoms with Crippen molar-refractivity contribution in [3.05, 3.63) is 83.4 Å². The molecule has 2 aromatic heterocycles. The van der Waals surface area contributed by atoms with Gasteiger partial charge in [-0.2, -0.15) is 10.3 Å². The molecule has 2 heterocycles. The third-order valence-electron chi connectivity index (χ3n) is 7.64. The van der Waals surface area contributed by atoms with Crippen LogP contribution in [0.15, 0.2) is 66.7 Å². The first-order chi connectivity index (χ1) is 15.2. The number of anilines is 1. The first kappa shape index (κ1) is 18.6. The number of hydrogen-bond acceptors (Lipinski definition) is 4. The van der Waals surface area contributed by atoms with Crippen LogP contribution in [0.25, 0.3) is 11.2 Å². The molecule has 156 valence electrons. The Morgan fingerprint density at radius 1 is 0.935 bits per heavy atom. The van der Waals surface area contributed by atoms with Gasteiger partial charge in [-0.15, -0.1) is 5.10 Å². The molecule has 0 spiro atoms. The number of pyridine rings is 1. The fraction of sp³-hybridized carbons (Fsp3) is 0.346. The van der Waals surface area contributed by atoms with Crippen molar-refractivity contribution in [1.82, 2.24) is 20.4 Å². The van der Waals surface area contributed by atoms with Crippen LogP contribution in [0.4, 0.5) is 5.82 Å². The van der Waals surface area contributed by atoms with Gasteiger partial charge in [0, 0.05) is 5.92 Å². The van der Waals surface area contributed by atoms with Crippen molar-refractivity contribution in [1.29, 1.82) is 0 Å². The van der Waals surface area contributed by atoms with Gasteiger partial charge in [0.05, 0.1) is 0 Å². The smallest absolute Gasteiger partial charge is 0.203 e. The Kier molecular flexibility index (Phi) is 4.13. The number of nitrogen functional groups attached to an aromatic ring is 1. The van der Waals surface area contributed by atoms with E-state index in [0.29, 0.717) is 22.3 Å². The molecule has 3 aliphatic rings. The molecule has 0 amide bonds. The van der Waals surface area contributed by atoms with E-state index in [1.807, 2.05) is 6.07 Å². The molecule has 31 heavy (non-hydrogen) atoms. The first-order valence-corrected chi connectivity index (χ1v) is 11.2. The fourth-order valence-electron chi connectivity index (χ4n) is 6.37. The average Bonchev–Trinajstić information content (AvgIpc) is 3.21. The van der Waals surface area contributed by atoms with Crippen LogP contribution < -0.4 is 5.73 Å². The van der Waals surface area contributed by atoms with E-state index in [1.165, 1.54) is 37.7 Å². The summed E-state index contributed by atoms with van der Waals surface area (Å²) >= 11 is 0. The molecule has 3 saturated carbocycles. The second-order valence-corrected chi connectivity index (χ2v) is 9.66. The molecular weight excluding hydrogens is 382 g/mol. The third kappa shape index (κ3) is 3.02. The minimum atomic E-state index is 0.245. The van der Waals surface area contributed by atoms with Gasteiger partial charge in [0.2, 0.25) is 5.65 Å². The highest BCUT2D eigenvalue weighted by molar-refractivity contribution is 5.77. The summed E-state index contributed by atoms with van der Waals surface area (Å²) < 4.78 is 0. The van der Waals surface area contributed by atoms with E-state index in [2.05, 4.69) is 81.1 Å². The molecule has 1 atom stereocenters. The lowest BCUT2D eigenvalue weighted by Gasteiger charge is -2.72. The second-order valence-electron chi connectivity index (χ2n) is 9.66. The van der Waals surface area contributed by atoms with Gasteiger partial charge in [0.15, 0.2) is 0 Å². The molecule has 4 aromatic rings. The van der Waals surface area contributed by atoms with Gasteiger partial charge in [-0.05, 0) is 65.7 Å². The Morgan fingerprint density at radius 2 is 1.65 bits per heavy atom. The molecule has 5 nitrogen and oxygen atoms in total. The van der Waals surface area contributed by atoms with Crippen molar-refractivity contribution < 1.29 is 0 Å². The normalized spacial score (nSPS) is 25.0. The van der Waals surface area contributed by atoms with Gasteiger partial charge in [-0.25, -0.2) is 4.98 Å². The number of hydrogen-bond donors (Lipinski definition) is 2. The minimum absolute atomic E-state index is 0.245. The number of nitrogens with zero attached hydrogens (tertiary/aromatic N) is 3. The standard InChI is InChI=1S/C26H27N5/c27-22-14-21(23-24(28-22)30-31-29-23)20(18-8-3-1-4-9-18)12-7-13-25-15-26(16-25,17-25)19-10-5-2-6-11-19/h1-6,8-11,14,20H,7,12-13,15-17H2,(H3,27,28,29,30,31). The number of nitrogens with two attached hydrogens (primary N) is 1. The molecule has 2 bridgehead atoms. The lowest BCUT2D eigenvalue weighted by Crippen LogP contribution is -2.64. The van der Waals surface area contributed by atoms with Crippen LogP contribution in [0.5, 0.6) is 0 Å². The summed E-state index contributed by atoms with van der Waals surface area (Å²) in [5.74, 6) is 0.746. The van der Waals surface area contributed by atoms with Crippen LogP contribution in [0.2, 0.25) is 0 Å². The van der Waals surface area contributed by atoms with Crippen LogP contribution in [0, 0.1) is 5.41 Å². The van der Waals surface area contributed by atoms with E-state index < -0.39 is 0 Å². The molecule has 3 N–H and O–H groups in total. The Labute approximate surface area is 182 Å². The van der Waals surface area contributed by atoms with Gasteiger partial charge in [-0.3, -0.25) is 0 Å². The molecular formula is C26H27N5. The Morgan fingerprint density at radius 3 is 2.39 bits per heavy atom. The number of H-pyrrole nitrogens is 1. The number of aromatic amines is 1. The maximum absolute atomic E-state index is 6.11. The summed E-state index contributed by atoms with van der Waals surface area (Å²) in [5, 5.41) is 11.3. The Bertz CT molecular complexity index is 1190. The molecule has 1 unspecified atom stereocenters. The zero-order chi connectivity index (χ0) is 20.9.